The van der Waals surface area contributed by atoms with Crippen LogP contribution in [0.2, 0.25) is 0 Å². The molecule has 3 heteroatoms. The van der Waals surface area contributed by atoms with Gasteiger partial charge in [0.15, 0.2) is 0 Å². The SMILES string of the molecule is CCCCN(CCO)c1ccccc1[C@@H](C)N. The van der Waals surface area contributed by atoms with Gasteiger partial charge in [-0.25, -0.2) is 0 Å². The second-order valence-electron chi connectivity index (χ2n) is 4.41. The van der Waals surface area contributed by atoms with Gasteiger partial charge in [-0.15, -0.1) is 0 Å². The van der Waals surface area contributed by atoms with Crippen LogP contribution >= 0.6 is 0 Å². The Balaban J connectivity index is 2.91. The summed E-state index contributed by atoms with van der Waals surface area (Å²) in [7, 11) is 0. The highest BCUT2D eigenvalue weighted by Gasteiger charge is 2.12. The molecule has 0 bridgehead atoms. The maximum atomic E-state index is 9.15. The number of aliphatic hydroxyl groups excluding tert-OH is 1. The van der Waals surface area contributed by atoms with Crippen LogP contribution in [-0.4, -0.2) is 24.8 Å². The molecule has 0 unspecified atom stereocenters. The average Bonchev–Trinajstić information content (AvgIpc) is 2.34. The van der Waals surface area contributed by atoms with Crippen molar-refractivity contribution >= 4 is 5.69 Å². The van der Waals surface area contributed by atoms with Gasteiger partial charge in [-0.3, -0.25) is 0 Å². The van der Waals surface area contributed by atoms with Crippen molar-refractivity contribution in [3.63, 3.8) is 0 Å². The fraction of sp³-hybridized carbons (Fsp3) is 0.571. The lowest BCUT2D eigenvalue weighted by Crippen LogP contribution is -2.29. The van der Waals surface area contributed by atoms with E-state index in [4.69, 9.17) is 10.8 Å². The predicted molar refractivity (Wildman–Crippen MR) is 73.3 cm³/mol. The summed E-state index contributed by atoms with van der Waals surface area (Å²) >= 11 is 0. The highest BCUT2D eigenvalue weighted by molar-refractivity contribution is 5.54. The minimum atomic E-state index is 0.0222. The number of hydrogen-bond acceptors (Lipinski definition) is 3. The Bertz CT molecular complexity index is 326. The maximum Gasteiger partial charge on any atom is 0.0606 e. The predicted octanol–water partition coefficient (Wildman–Crippen LogP) is 2.31. The number of aliphatic hydroxyl groups is 1. The topological polar surface area (TPSA) is 49.5 Å². The number of rotatable bonds is 7. The molecule has 0 aliphatic carbocycles. The highest BCUT2D eigenvalue weighted by Crippen LogP contribution is 2.25. The Morgan fingerprint density at radius 3 is 2.59 bits per heavy atom. The number of hydrogen-bond donors (Lipinski definition) is 2. The normalized spacial score (nSPS) is 12.5. The molecular formula is C14H24N2O. The molecule has 0 saturated heterocycles. The number of anilines is 1. The summed E-state index contributed by atoms with van der Waals surface area (Å²) in [4.78, 5) is 2.22. The summed E-state index contributed by atoms with van der Waals surface area (Å²) in [5.41, 5.74) is 8.30. The van der Waals surface area contributed by atoms with Crippen molar-refractivity contribution in [3.8, 4) is 0 Å². The third-order valence-corrected chi connectivity index (χ3v) is 2.92. The van der Waals surface area contributed by atoms with Crippen LogP contribution in [-0.2, 0) is 0 Å². The van der Waals surface area contributed by atoms with Crippen molar-refractivity contribution in [1.82, 2.24) is 0 Å². The minimum Gasteiger partial charge on any atom is -0.395 e. The zero-order chi connectivity index (χ0) is 12.7. The Hall–Kier alpha value is -1.06. The first-order valence-electron chi connectivity index (χ1n) is 6.41. The van der Waals surface area contributed by atoms with Gasteiger partial charge >= 0.3 is 0 Å². The number of benzene rings is 1. The Morgan fingerprint density at radius 2 is 2.00 bits per heavy atom. The molecule has 0 saturated carbocycles. The molecule has 0 spiro atoms. The third kappa shape index (κ3) is 4.02. The van der Waals surface area contributed by atoms with Crippen LogP contribution in [0.4, 0.5) is 5.69 Å². The smallest absolute Gasteiger partial charge is 0.0606 e. The number of nitrogens with two attached hydrogens (primary N) is 1. The van der Waals surface area contributed by atoms with Gasteiger partial charge in [0.2, 0.25) is 0 Å². The summed E-state index contributed by atoms with van der Waals surface area (Å²) in [5, 5.41) is 9.15. The molecule has 3 N–H and O–H groups in total. The quantitative estimate of drug-likeness (QED) is 0.763. The van der Waals surface area contributed by atoms with E-state index in [1.165, 1.54) is 0 Å². The van der Waals surface area contributed by atoms with Crippen LogP contribution < -0.4 is 10.6 Å². The lowest BCUT2D eigenvalue weighted by Gasteiger charge is -2.27. The molecule has 0 amide bonds. The van der Waals surface area contributed by atoms with Crippen molar-refractivity contribution in [2.45, 2.75) is 32.7 Å². The van der Waals surface area contributed by atoms with Crippen LogP contribution in [0.1, 0.15) is 38.3 Å². The number of para-hydroxylation sites is 1. The third-order valence-electron chi connectivity index (χ3n) is 2.92. The van der Waals surface area contributed by atoms with Crippen molar-refractivity contribution in [1.29, 1.82) is 0 Å². The van der Waals surface area contributed by atoms with Gasteiger partial charge in [-0.2, -0.15) is 0 Å². The summed E-state index contributed by atoms with van der Waals surface area (Å²) in [6, 6.07) is 8.21. The van der Waals surface area contributed by atoms with E-state index < -0.39 is 0 Å². The van der Waals surface area contributed by atoms with E-state index >= 15 is 0 Å². The fourth-order valence-corrected chi connectivity index (χ4v) is 1.98. The molecule has 17 heavy (non-hydrogen) atoms. The summed E-state index contributed by atoms with van der Waals surface area (Å²) in [6.07, 6.45) is 2.29. The first kappa shape index (κ1) is 14.0. The Labute approximate surface area is 104 Å². The largest absolute Gasteiger partial charge is 0.395 e. The molecule has 0 radical (unpaired) electrons. The Kier molecular flexibility index (Phi) is 6.01. The Morgan fingerprint density at radius 1 is 1.29 bits per heavy atom. The monoisotopic (exact) mass is 236 g/mol. The molecule has 1 atom stereocenters. The van der Waals surface area contributed by atoms with Crippen molar-refractivity contribution < 1.29 is 5.11 Å². The van der Waals surface area contributed by atoms with Gasteiger partial charge in [0.1, 0.15) is 0 Å². The van der Waals surface area contributed by atoms with Gasteiger partial charge < -0.3 is 15.7 Å². The van der Waals surface area contributed by atoms with E-state index in [0.717, 1.165) is 30.6 Å². The molecular weight excluding hydrogens is 212 g/mol. The number of nitrogens with zero attached hydrogens (tertiary/aromatic N) is 1. The second kappa shape index (κ2) is 7.30. The van der Waals surface area contributed by atoms with E-state index in [-0.39, 0.29) is 12.6 Å². The summed E-state index contributed by atoms with van der Waals surface area (Å²) in [5.74, 6) is 0. The van der Waals surface area contributed by atoms with Gasteiger partial charge in [0.25, 0.3) is 0 Å². The minimum absolute atomic E-state index is 0.0222. The second-order valence-corrected chi connectivity index (χ2v) is 4.41. The van der Waals surface area contributed by atoms with Gasteiger partial charge in [0.05, 0.1) is 6.61 Å². The number of unbranched alkanes of at least 4 members (excludes halogenated alkanes) is 1. The molecule has 96 valence electrons. The van der Waals surface area contributed by atoms with E-state index in [0.29, 0.717) is 6.54 Å². The van der Waals surface area contributed by atoms with E-state index in [1.54, 1.807) is 0 Å². The van der Waals surface area contributed by atoms with E-state index in [9.17, 15) is 0 Å². The average molecular weight is 236 g/mol. The van der Waals surface area contributed by atoms with Crippen molar-refractivity contribution in [2.24, 2.45) is 5.73 Å². The molecule has 3 nitrogen and oxygen atoms in total. The van der Waals surface area contributed by atoms with Crippen molar-refractivity contribution in [2.75, 3.05) is 24.6 Å². The molecule has 0 fully saturated rings. The molecule has 1 aromatic rings. The summed E-state index contributed by atoms with van der Waals surface area (Å²) < 4.78 is 0. The lowest BCUT2D eigenvalue weighted by molar-refractivity contribution is 0.301. The maximum absolute atomic E-state index is 9.15. The first-order chi connectivity index (χ1) is 8.20. The van der Waals surface area contributed by atoms with Crippen molar-refractivity contribution in [3.05, 3.63) is 29.8 Å². The molecule has 0 aliphatic rings. The first-order valence-corrected chi connectivity index (χ1v) is 6.41. The molecule has 1 aromatic carbocycles. The lowest BCUT2D eigenvalue weighted by atomic mass is 10.1. The molecule has 1 rings (SSSR count). The van der Waals surface area contributed by atoms with Crippen LogP contribution in [0.15, 0.2) is 24.3 Å². The zero-order valence-electron chi connectivity index (χ0n) is 10.9. The highest BCUT2D eigenvalue weighted by atomic mass is 16.3. The molecule has 0 heterocycles. The van der Waals surface area contributed by atoms with E-state index in [2.05, 4.69) is 24.0 Å². The summed E-state index contributed by atoms with van der Waals surface area (Å²) in [6.45, 7) is 5.99. The standard InChI is InChI=1S/C14H24N2O/c1-3-4-9-16(10-11-17)14-8-6-5-7-13(14)12(2)15/h5-8,12,17H,3-4,9-11,15H2,1-2H3/t12-/m1/s1. The van der Waals surface area contributed by atoms with E-state index in [1.807, 2.05) is 19.1 Å². The fourth-order valence-electron chi connectivity index (χ4n) is 1.98. The van der Waals surface area contributed by atoms with Crippen LogP contribution in [0.3, 0.4) is 0 Å². The van der Waals surface area contributed by atoms with Gasteiger partial charge in [-0.1, -0.05) is 31.5 Å². The zero-order valence-corrected chi connectivity index (χ0v) is 10.9. The van der Waals surface area contributed by atoms with Crippen LogP contribution in [0.25, 0.3) is 0 Å². The molecule has 0 aliphatic heterocycles. The van der Waals surface area contributed by atoms with Gasteiger partial charge in [0, 0.05) is 24.8 Å². The van der Waals surface area contributed by atoms with Crippen LogP contribution in [0, 0.1) is 0 Å². The molecule has 0 aromatic heterocycles. The van der Waals surface area contributed by atoms with Crippen LogP contribution in [0.5, 0.6) is 0 Å². The van der Waals surface area contributed by atoms with Gasteiger partial charge in [-0.05, 0) is 25.0 Å².